The molecule has 0 spiro atoms. The summed E-state index contributed by atoms with van der Waals surface area (Å²) in [5, 5.41) is 21.3. The van der Waals surface area contributed by atoms with Crippen molar-refractivity contribution >= 4 is 49.6 Å². The van der Waals surface area contributed by atoms with Gasteiger partial charge in [0.05, 0.1) is 0 Å². The molecule has 48 heavy (non-hydrogen) atoms. The Hall–Kier alpha value is -0.0314. The quantitative estimate of drug-likeness (QED) is 0.206. The van der Waals surface area contributed by atoms with Crippen LogP contribution in [0.15, 0.2) is 46.4 Å². The first kappa shape index (κ1) is 46.0. The van der Waals surface area contributed by atoms with Crippen LogP contribution in [0.2, 0.25) is 0 Å². The van der Waals surface area contributed by atoms with E-state index in [1.54, 1.807) is 0 Å². The molecule has 2 saturated carbocycles. The number of rotatable bonds is 8. The van der Waals surface area contributed by atoms with Crippen LogP contribution in [0.4, 0.5) is 0 Å². The molecule has 2 aliphatic rings. The molecule has 4 rings (SSSR count). The van der Waals surface area contributed by atoms with Crippen molar-refractivity contribution in [2.45, 2.75) is 131 Å². The number of phenols is 2. The van der Waals surface area contributed by atoms with Crippen molar-refractivity contribution < 1.29 is 44.3 Å². The van der Waals surface area contributed by atoms with E-state index in [0.717, 1.165) is 35.1 Å². The molecule has 0 saturated heterocycles. The molecule has 0 aromatic heterocycles. The Kier molecular flexibility index (Phi) is 24.8. The SMILES string of the molecule is CC(C)N=Cc1cccc(C2C(C)CCCC2C)c1O.CCC(CC)N=Cc1cccc(C2C(C)CCCC2C)c1O.[Cl][Ti][Cl].[Cl][Ti][Cl]. The summed E-state index contributed by atoms with van der Waals surface area (Å²) in [7, 11) is 19.6. The second-order valence-electron chi connectivity index (χ2n) is 13.7. The molecule has 268 valence electrons. The van der Waals surface area contributed by atoms with E-state index in [4.69, 9.17) is 37.2 Å². The van der Waals surface area contributed by atoms with Crippen molar-refractivity contribution in [3.8, 4) is 11.5 Å². The average Bonchev–Trinajstić information content (AvgIpc) is 3.04. The zero-order valence-electron chi connectivity index (χ0n) is 30.2. The van der Waals surface area contributed by atoms with Crippen LogP contribution in [0.3, 0.4) is 0 Å². The van der Waals surface area contributed by atoms with Crippen molar-refractivity contribution in [2.75, 3.05) is 0 Å². The van der Waals surface area contributed by atoms with Gasteiger partial charge in [0.2, 0.25) is 0 Å². The molecule has 2 N–H and O–H groups in total. The maximum atomic E-state index is 10.7. The summed E-state index contributed by atoms with van der Waals surface area (Å²) in [6.45, 7) is 17.7. The summed E-state index contributed by atoms with van der Waals surface area (Å²) in [6.07, 6.45) is 13.5. The number of hydrogen-bond acceptors (Lipinski definition) is 4. The van der Waals surface area contributed by atoms with Crippen molar-refractivity contribution in [3.63, 3.8) is 0 Å². The molecule has 4 atom stereocenters. The van der Waals surface area contributed by atoms with Gasteiger partial charge in [-0.25, -0.2) is 0 Å². The first-order valence-corrected chi connectivity index (χ1v) is 26.1. The molecule has 10 heteroatoms. The van der Waals surface area contributed by atoms with Crippen LogP contribution in [0.25, 0.3) is 0 Å². The number of phenolic OH excluding ortho intramolecular Hbond substituents is 2. The van der Waals surface area contributed by atoms with Crippen molar-refractivity contribution in [2.24, 2.45) is 33.7 Å². The van der Waals surface area contributed by atoms with Crippen LogP contribution >= 0.6 is 37.2 Å². The second kappa shape index (κ2) is 25.8. The van der Waals surface area contributed by atoms with Crippen LogP contribution in [0.1, 0.15) is 141 Å². The zero-order chi connectivity index (χ0) is 36.2. The summed E-state index contributed by atoms with van der Waals surface area (Å²) in [4.78, 5) is 9.03. The molecule has 4 unspecified atom stereocenters. The van der Waals surface area contributed by atoms with E-state index < -0.39 is 34.1 Å². The van der Waals surface area contributed by atoms with Gasteiger partial charge in [0.1, 0.15) is 11.5 Å². The third-order valence-corrected chi connectivity index (χ3v) is 9.88. The molecule has 4 nitrogen and oxygen atoms in total. The van der Waals surface area contributed by atoms with Gasteiger partial charge in [0.25, 0.3) is 0 Å². The van der Waals surface area contributed by atoms with Gasteiger partial charge in [-0.3, -0.25) is 9.98 Å². The molecule has 0 amide bonds. The molecule has 2 aromatic carbocycles. The van der Waals surface area contributed by atoms with E-state index in [-0.39, 0.29) is 6.04 Å². The Labute approximate surface area is 325 Å². The molecule has 0 heterocycles. The van der Waals surface area contributed by atoms with Crippen LogP contribution in [-0.4, -0.2) is 34.7 Å². The first-order chi connectivity index (χ1) is 22.9. The van der Waals surface area contributed by atoms with E-state index in [2.05, 4.69) is 69.7 Å². The van der Waals surface area contributed by atoms with E-state index in [1.165, 1.54) is 38.5 Å². The van der Waals surface area contributed by atoms with Gasteiger partial charge in [0, 0.05) is 35.6 Å². The molecule has 0 radical (unpaired) electrons. The number of aromatic hydroxyl groups is 2. The monoisotopic (exact) mass is 810 g/mol. The number of benzene rings is 2. The van der Waals surface area contributed by atoms with Gasteiger partial charge in [-0.15, -0.1) is 0 Å². The topological polar surface area (TPSA) is 65.2 Å². The number of hydrogen-bond donors (Lipinski definition) is 2. The van der Waals surface area contributed by atoms with Crippen molar-refractivity contribution in [3.05, 3.63) is 58.7 Å². The Bertz CT molecular complexity index is 1210. The van der Waals surface area contributed by atoms with Gasteiger partial charge in [0.15, 0.2) is 0 Å². The molecule has 2 aliphatic carbocycles. The van der Waals surface area contributed by atoms with Crippen molar-refractivity contribution in [1.29, 1.82) is 0 Å². The summed E-state index contributed by atoms with van der Waals surface area (Å²) in [5.41, 5.74) is 3.95. The number of nitrogens with zero attached hydrogens (tertiary/aromatic N) is 2. The summed E-state index contributed by atoms with van der Waals surface area (Å²) >= 11 is -1.11. The Morgan fingerprint density at radius 3 is 1.31 bits per heavy atom. The zero-order valence-corrected chi connectivity index (χ0v) is 36.3. The van der Waals surface area contributed by atoms with E-state index in [1.807, 2.05) is 44.5 Å². The molecule has 0 bridgehead atoms. The predicted octanol–water partition coefficient (Wildman–Crippen LogP) is 13.1. The summed E-state index contributed by atoms with van der Waals surface area (Å²) < 4.78 is 0. The van der Waals surface area contributed by atoms with Gasteiger partial charge < -0.3 is 10.2 Å². The molecular formula is C38H58Cl4N2O2Ti2. The summed E-state index contributed by atoms with van der Waals surface area (Å²) in [5.74, 6) is 4.38. The number of halogens is 4. The first-order valence-electron chi connectivity index (χ1n) is 17.5. The van der Waals surface area contributed by atoms with Crippen LogP contribution < -0.4 is 0 Å². The van der Waals surface area contributed by atoms with Gasteiger partial charge in [-0.1, -0.05) is 104 Å². The van der Waals surface area contributed by atoms with Crippen LogP contribution in [-0.2, 0) is 34.1 Å². The predicted molar refractivity (Wildman–Crippen MR) is 204 cm³/mol. The molecular weight excluding hydrogens is 754 g/mol. The normalized spacial score (nSPS) is 23.9. The van der Waals surface area contributed by atoms with Crippen molar-refractivity contribution in [1.82, 2.24) is 0 Å². The van der Waals surface area contributed by atoms with E-state index in [9.17, 15) is 10.2 Å². The van der Waals surface area contributed by atoms with Crippen LogP contribution in [0.5, 0.6) is 11.5 Å². The Balaban J connectivity index is 0.000000414. The van der Waals surface area contributed by atoms with Gasteiger partial charge in [-0.05, 0) is 85.5 Å². The van der Waals surface area contributed by atoms with Gasteiger partial charge in [-0.2, -0.15) is 0 Å². The minimum atomic E-state index is -0.556. The molecule has 0 aliphatic heterocycles. The standard InChI is InChI=1S/C20H31NO.C18H27NO.4ClH.2Ti/c1-5-17(6-2)21-13-16-11-8-12-18(20(16)22)19-14(3)9-7-10-15(19)4;1-12(2)19-11-15-9-6-10-16(18(15)20)17-13(3)7-5-8-14(17)4;;;;;;/h8,11-15,17,19,22H,5-7,9-10H2,1-4H3;6,9-14,17,20H,5,7-8H2,1-4H3;4*1H;;/q;;;;;;2*+2/p-4. The maximum absolute atomic E-state index is 10.7. The third kappa shape index (κ3) is 15.3. The molecule has 2 fully saturated rings. The molecule has 2 aromatic rings. The number of para-hydroxylation sites is 2. The second-order valence-corrected chi connectivity index (χ2v) is 18.8. The fourth-order valence-electron chi connectivity index (χ4n) is 7.41. The van der Waals surface area contributed by atoms with E-state index in [0.29, 0.717) is 53.0 Å². The van der Waals surface area contributed by atoms with Gasteiger partial charge >= 0.3 is 71.3 Å². The average molecular weight is 812 g/mol. The summed E-state index contributed by atoms with van der Waals surface area (Å²) in [6, 6.07) is 12.8. The fourth-order valence-corrected chi connectivity index (χ4v) is 7.41. The third-order valence-electron chi connectivity index (χ3n) is 9.88. The number of aliphatic imine (C=N–C) groups is 2. The Morgan fingerprint density at radius 1 is 0.667 bits per heavy atom. The van der Waals surface area contributed by atoms with Crippen LogP contribution in [0, 0.1) is 23.7 Å². The minimum absolute atomic E-state index is 0.255. The Morgan fingerprint density at radius 2 is 1.00 bits per heavy atom. The van der Waals surface area contributed by atoms with E-state index >= 15 is 0 Å². The fraction of sp³-hybridized carbons (Fsp3) is 0.632.